The van der Waals surface area contributed by atoms with E-state index in [1.807, 2.05) is 21.6 Å². The zero-order valence-corrected chi connectivity index (χ0v) is 22.6. The standard InChI is InChI=1S/C30H29FN8O2/c1-30(40,24-2-4-26(31)5-3-24)25-12-32-28(33-13-25)21-6-8-37(9-7-21)29-27-10-22(16-39(27)36-19-34-29)23-11-35-38(15-23)14-20-17-41-18-20/h2-6,10-13,15-16,19-20,40H,7-9,14,17-18H2,1H3/t30-/m0/s1. The number of aromatic nitrogens is 7. The van der Waals surface area contributed by atoms with E-state index in [-0.39, 0.29) is 5.82 Å². The van der Waals surface area contributed by atoms with Crippen molar-refractivity contribution >= 4 is 16.9 Å². The van der Waals surface area contributed by atoms with Crippen LogP contribution in [0.4, 0.5) is 10.2 Å². The maximum Gasteiger partial charge on any atom is 0.156 e. The third kappa shape index (κ3) is 4.87. The monoisotopic (exact) mass is 552 g/mol. The Morgan fingerprint density at radius 3 is 2.51 bits per heavy atom. The molecule has 2 aliphatic heterocycles. The number of hydrogen-bond acceptors (Lipinski definition) is 8. The number of rotatable bonds is 7. The number of fused-ring (bicyclic) bond motifs is 1. The lowest BCUT2D eigenvalue weighted by Gasteiger charge is -2.27. The second-order valence-electron chi connectivity index (χ2n) is 10.8. The van der Waals surface area contributed by atoms with Gasteiger partial charge in [-0.15, -0.1) is 0 Å². The highest BCUT2D eigenvalue weighted by Crippen LogP contribution is 2.31. The average Bonchev–Trinajstić information content (AvgIpc) is 3.63. The number of hydrogen-bond donors (Lipinski definition) is 1. The van der Waals surface area contributed by atoms with Crippen LogP contribution in [0.5, 0.6) is 0 Å². The Bertz CT molecular complexity index is 1720. The number of aliphatic hydroxyl groups is 1. The Hall–Kier alpha value is -4.48. The SMILES string of the molecule is C[C@](O)(c1ccc(F)cc1)c1cnc(C2=CCN(c3ncnn4cc(-c5cnn(CC6COC6)c5)cc34)CC2)nc1. The van der Waals surface area contributed by atoms with Crippen LogP contribution in [0.25, 0.3) is 22.2 Å². The number of nitrogens with zero attached hydrogens (tertiary/aromatic N) is 8. The van der Waals surface area contributed by atoms with Crippen LogP contribution in [0.2, 0.25) is 0 Å². The Morgan fingerprint density at radius 1 is 1.00 bits per heavy atom. The van der Waals surface area contributed by atoms with Gasteiger partial charge in [-0.3, -0.25) is 4.68 Å². The van der Waals surface area contributed by atoms with Gasteiger partial charge in [-0.1, -0.05) is 18.2 Å². The molecule has 0 radical (unpaired) electrons. The van der Waals surface area contributed by atoms with Crippen LogP contribution in [0.3, 0.4) is 0 Å². The molecule has 0 saturated carbocycles. The molecule has 0 amide bonds. The molecule has 208 valence electrons. The van der Waals surface area contributed by atoms with Gasteiger partial charge in [0.2, 0.25) is 0 Å². The number of anilines is 1. The summed E-state index contributed by atoms with van der Waals surface area (Å²) in [5.74, 6) is 1.68. The molecule has 5 aromatic rings. The Morgan fingerprint density at radius 2 is 1.80 bits per heavy atom. The number of halogens is 1. The molecule has 11 heteroatoms. The van der Waals surface area contributed by atoms with E-state index in [0.717, 1.165) is 60.8 Å². The molecule has 1 N–H and O–H groups in total. The van der Waals surface area contributed by atoms with Crippen molar-refractivity contribution in [3.05, 3.63) is 96.5 Å². The van der Waals surface area contributed by atoms with Gasteiger partial charge in [0, 0.05) is 67.0 Å². The first-order valence-corrected chi connectivity index (χ1v) is 13.6. The van der Waals surface area contributed by atoms with Crippen LogP contribution in [0.1, 0.15) is 30.3 Å². The van der Waals surface area contributed by atoms with Gasteiger partial charge < -0.3 is 14.7 Å². The summed E-state index contributed by atoms with van der Waals surface area (Å²) in [7, 11) is 0. The van der Waals surface area contributed by atoms with E-state index in [1.165, 1.54) is 12.1 Å². The molecule has 4 aromatic heterocycles. The molecule has 0 spiro atoms. The smallest absolute Gasteiger partial charge is 0.156 e. The van der Waals surface area contributed by atoms with E-state index < -0.39 is 5.60 Å². The minimum Gasteiger partial charge on any atom is -0.381 e. The van der Waals surface area contributed by atoms with Gasteiger partial charge in [0.25, 0.3) is 0 Å². The largest absolute Gasteiger partial charge is 0.381 e. The van der Waals surface area contributed by atoms with E-state index in [1.54, 1.807) is 37.8 Å². The topological polar surface area (TPSA) is 106 Å². The van der Waals surface area contributed by atoms with Crippen LogP contribution < -0.4 is 4.90 Å². The molecule has 1 fully saturated rings. The molecule has 0 unspecified atom stereocenters. The lowest BCUT2D eigenvalue weighted by molar-refractivity contribution is -0.0408. The average molecular weight is 553 g/mol. The lowest BCUT2D eigenvalue weighted by atomic mass is 9.90. The van der Waals surface area contributed by atoms with Gasteiger partial charge in [-0.2, -0.15) is 10.2 Å². The molecule has 6 heterocycles. The summed E-state index contributed by atoms with van der Waals surface area (Å²) < 4.78 is 22.5. The van der Waals surface area contributed by atoms with Crippen LogP contribution in [0.15, 0.2) is 73.7 Å². The molecule has 0 bridgehead atoms. The van der Waals surface area contributed by atoms with Gasteiger partial charge in [0.15, 0.2) is 11.6 Å². The fourth-order valence-electron chi connectivity index (χ4n) is 5.34. The van der Waals surface area contributed by atoms with Crippen LogP contribution >= 0.6 is 0 Å². The van der Waals surface area contributed by atoms with Crippen LogP contribution in [-0.4, -0.2) is 65.8 Å². The van der Waals surface area contributed by atoms with Crippen molar-refractivity contribution in [3.63, 3.8) is 0 Å². The molecule has 2 aliphatic rings. The molecule has 1 aromatic carbocycles. The van der Waals surface area contributed by atoms with Gasteiger partial charge in [0.1, 0.15) is 23.3 Å². The maximum atomic E-state index is 13.3. The van der Waals surface area contributed by atoms with Gasteiger partial charge in [-0.05, 0) is 42.7 Å². The van der Waals surface area contributed by atoms with Crippen molar-refractivity contribution in [1.29, 1.82) is 0 Å². The van der Waals surface area contributed by atoms with E-state index in [4.69, 9.17) is 4.74 Å². The van der Waals surface area contributed by atoms with E-state index >= 15 is 0 Å². The predicted octanol–water partition coefficient (Wildman–Crippen LogP) is 3.72. The van der Waals surface area contributed by atoms with Gasteiger partial charge in [-0.25, -0.2) is 23.9 Å². The first kappa shape index (κ1) is 25.5. The summed E-state index contributed by atoms with van der Waals surface area (Å²) in [6.07, 6.45) is 13.7. The van der Waals surface area contributed by atoms with Crippen molar-refractivity contribution in [2.75, 3.05) is 31.2 Å². The first-order valence-electron chi connectivity index (χ1n) is 13.6. The molecule has 0 aliphatic carbocycles. The number of benzene rings is 1. The second-order valence-corrected chi connectivity index (χ2v) is 10.8. The molecule has 10 nitrogen and oxygen atoms in total. The second kappa shape index (κ2) is 10.2. The molecular weight excluding hydrogens is 523 g/mol. The van der Waals surface area contributed by atoms with Crippen molar-refractivity contribution in [1.82, 2.24) is 34.3 Å². The highest BCUT2D eigenvalue weighted by Gasteiger charge is 2.27. The quantitative estimate of drug-likeness (QED) is 0.326. The molecule has 7 rings (SSSR count). The lowest BCUT2D eigenvalue weighted by Crippen LogP contribution is -2.31. The fourth-order valence-corrected chi connectivity index (χ4v) is 5.34. The Kier molecular flexibility index (Phi) is 6.32. The van der Waals surface area contributed by atoms with Crippen molar-refractivity contribution in [2.24, 2.45) is 5.92 Å². The van der Waals surface area contributed by atoms with Crippen LogP contribution in [0, 0.1) is 11.7 Å². The summed E-state index contributed by atoms with van der Waals surface area (Å²) in [6.45, 7) is 5.52. The normalized spacial score (nSPS) is 17.3. The van der Waals surface area contributed by atoms with Crippen LogP contribution in [-0.2, 0) is 16.9 Å². The van der Waals surface area contributed by atoms with Crippen molar-refractivity contribution in [3.8, 4) is 11.1 Å². The minimum atomic E-state index is -1.33. The summed E-state index contributed by atoms with van der Waals surface area (Å²) in [5.41, 5.74) is 3.85. The highest BCUT2D eigenvalue weighted by molar-refractivity contribution is 5.78. The highest BCUT2D eigenvalue weighted by atomic mass is 19.1. The first-order chi connectivity index (χ1) is 19.9. The minimum absolute atomic E-state index is 0.350. The van der Waals surface area contributed by atoms with E-state index in [2.05, 4.69) is 48.4 Å². The van der Waals surface area contributed by atoms with Gasteiger partial charge in [0.05, 0.1) is 19.4 Å². The third-order valence-electron chi connectivity index (χ3n) is 7.92. The zero-order valence-electron chi connectivity index (χ0n) is 22.6. The molecular formula is C30H29FN8O2. The molecule has 1 atom stereocenters. The van der Waals surface area contributed by atoms with Crippen molar-refractivity contribution in [2.45, 2.75) is 25.5 Å². The van der Waals surface area contributed by atoms with E-state index in [0.29, 0.717) is 29.4 Å². The summed E-state index contributed by atoms with van der Waals surface area (Å²) >= 11 is 0. The zero-order chi connectivity index (χ0) is 28.0. The van der Waals surface area contributed by atoms with Crippen molar-refractivity contribution < 1.29 is 14.2 Å². The summed E-state index contributed by atoms with van der Waals surface area (Å²) in [6, 6.07) is 7.91. The predicted molar refractivity (Wildman–Crippen MR) is 150 cm³/mol. The summed E-state index contributed by atoms with van der Waals surface area (Å²) in [4.78, 5) is 15.9. The Balaban J connectivity index is 1.07. The van der Waals surface area contributed by atoms with E-state index in [9.17, 15) is 9.50 Å². The fraction of sp³-hybridized carbons (Fsp3) is 0.300. The third-order valence-corrected chi connectivity index (χ3v) is 7.92. The maximum absolute atomic E-state index is 13.3. The molecule has 41 heavy (non-hydrogen) atoms. The number of ether oxygens (including phenoxy) is 1. The Labute approximate surface area is 235 Å². The van der Waals surface area contributed by atoms with Gasteiger partial charge >= 0.3 is 0 Å². The summed E-state index contributed by atoms with van der Waals surface area (Å²) in [5, 5.41) is 20.0. The molecule has 1 saturated heterocycles.